The Labute approximate surface area is 71.9 Å². The van der Waals surface area contributed by atoms with Gasteiger partial charge in [0.15, 0.2) is 0 Å². The van der Waals surface area contributed by atoms with Gasteiger partial charge in [0.05, 0.1) is 0 Å². The molecular formula is C8H15I. The Morgan fingerprint density at radius 2 is 1.78 bits per heavy atom. The average Bonchev–Trinajstić information content (AvgIpc) is 1.59. The molecule has 0 spiro atoms. The van der Waals surface area contributed by atoms with Crippen LogP contribution in [0.5, 0.6) is 0 Å². The molecule has 0 unspecified atom stereocenters. The highest BCUT2D eigenvalue weighted by atomic mass is 127. The summed E-state index contributed by atoms with van der Waals surface area (Å²) in [5.41, 5.74) is 0. The lowest BCUT2D eigenvalue weighted by Gasteiger charge is -2.09. The van der Waals surface area contributed by atoms with E-state index >= 15 is 0 Å². The molecule has 0 nitrogen and oxygen atoms in total. The van der Waals surface area contributed by atoms with Gasteiger partial charge in [0.25, 0.3) is 0 Å². The van der Waals surface area contributed by atoms with E-state index in [0.717, 1.165) is 0 Å². The third-order valence-electron chi connectivity index (χ3n) is 0.877. The van der Waals surface area contributed by atoms with Crippen LogP contribution in [-0.4, -0.2) is 3.42 Å². The molecule has 0 fully saturated rings. The van der Waals surface area contributed by atoms with Crippen molar-refractivity contribution in [2.45, 2.75) is 31.1 Å². The third kappa shape index (κ3) is 8.47. The van der Waals surface area contributed by atoms with E-state index < -0.39 is 0 Å². The third-order valence-corrected chi connectivity index (χ3v) is 1.24. The van der Waals surface area contributed by atoms with Crippen molar-refractivity contribution in [1.29, 1.82) is 0 Å². The van der Waals surface area contributed by atoms with Crippen LogP contribution >= 0.6 is 22.6 Å². The van der Waals surface area contributed by atoms with Crippen molar-refractivity contribution in [2.24, 2.45) is 5.92 Å². The summed E-state index contributed by atoms with van der Waals surface area (Å²) in [6, 6.07) is 0. The van der Waals surface area contributed by atoms with E-state index in [2.05, 4.69) is 62.4 Å². The Morgan fingerprint density at radius 1 is 1.33 bits per heavy atom. The number of allylic oxidation sites excluding steroid dienone is 2. The highest BCUT2D eigenvalue weighted by Gasteiger charge is 2.05. The molecule has 0 aliphatic rings. The molecule has 0 heterocycles. The minimum Gasteiger partial charge on any atom is -0.0847 e. The van der Waals surface area contributed by atoms with Crippen LogP contribution in [0.25, 0.3) is 0 Å². The first kappa shape index (κ1) is 9.47. The predicted octanol–water partition coefficient (Wildman–Crippen LogP) is 3.41. The van der Waals surface area contributed by atoms with Gasteiger partial charge in [0.2, 0.25) is 0 Å². The summed E-state index contributed by atoms with van der Waals surface area (Å²) >= 11 is 2.42. The minimum absolute atomic E-state index is 0.321. The van der Waals surface area contributed by atoms with Crippen molar-refractivity contribution in [1.82, 2.24) is 0 Å². The van der Waals surface area contributed by atoms with Gasteiger partial charge in [-0.05, 0) is 19.8 Å². The maximum absolute atomic E-state index is 2.42. The van der Waals surface area contributed by atoms with E-state index in [9.17, 15) is 0 Å². The van der Waals surface area contributed by atoms with E-state index in [1.807, 2.05) is 0 Å². The Kier molecular flexibility index (Phi) is 3.78. The zero-order valence-corrected chi connectivity index (χ0v) is 8.77. The Bertz CT molecular complexity index is 95.6. The molecule has 0 N–H and O–H groups in total. The van der Waals surface area contributed by atoms with Crippen molar-refractivity contribution in [2.75, 3.05) is 0 Å². The second-order valence-electron chi connectivity index (χ2n) is 3.17. The summed E-state index contributed by atoms with van der Waals surface area (Å²) in [4.78, 5) is 0. The number of halogens is 1. The first-order chi connectivity index (χ1) is 3.92. The van der Waals surface area contributed by atoms with E-state index in [1.54, 1.807) is 0 Å². The van der Waals surface area contributed by atoms with Crippen molar-refractivity contribution >= 4 is 22.6 Å². The smallest absolute Gasteiger partial charge is 0.0344 e. The number of alkyl halides is 1. The first-order valence-electron chi connectivity index (χ1n) is 3.30. The van der Waals surface area contributed by atoms with E-state index in [0.29, 0.717) is 9.34 Å². The van der Waals surface area contributed by atoms with Crippen molar-refractivity contribution in [3.63, 3.8) is 0 Å². The predicted molar refractivity (Wildman–Crippen MR) is 52.1 cm³/mol. The summed E-state index contributed by atoms with van der Waals surface area (Å²) in [6.45, 7) is 8.79. The molecule has 0 saturated heterocycles. The number of rotatable bonds is 2. The molecule has 0 amide bonds. The second kappa shape index (κ2) is 3.59. The van der Waals surface area contributed by atoms with Crippen LogP contribution in [-0.2, 0) is 0 Å². The summed E-state index contributed by atoms with van der Waals surface area (Å²) in [5, 5.41) is 0. The van der Waals surface area contributed by atoms with Gasteiger partial charge in [-0.2, -0.15) is 0 Å². The van der Waals surface area contributed by atoms with Gasteiger partial charge in [-0.3, -0.25) is 0 Å². The molecule has 9 heavy (non-hydrogen) atoms. The van der Waals surface area contributed by atoms with Crippen LogP contribution in [0.3, 0.4) is 0 Å². The molecule has 0 rings (SSSR count). The molecular weight excluding hydrogens is 223 g/mol. The SMILES string of the molecule is CC(C)/C=C/C(C)(C)I. The fourth-order valence-electron chi connectivity index (χ4n) is 0.421. The fraction of sp³-hybridized carbons (Fsp3) is 0.750. The normalized spacial score (nSPS) is 13.6. The van der Waals surface area contributed by atoms with Crippen LogP contribution in [0.15, 0.2) is 12.2 Å². The molecule has 0 aromatic rings. The second-order valence-corrected chi connectivity index (χ2v) is 5.95. The van der Waals surface area contributed by atoms with E-state index in [-0.39, 0.29) is 0 Å². The zero-order valence-electron chi connectivity index (χ0n) is 6.61. The van der Waals surface area contributed by atoms with Crippen molar-refractivity contribution in [3.8, 4) is 0 Å². The summed E-state index contributed by atoms with van der Waals surface area (Å²) in [5.74, 6) is 0.680. The van der Waals surface area contributed by atoms with E-state index in [1.165, 1.54) is 0 Å². The van der Waals surface area contributed by atoms with Crippen LogP contribution in [0.4, 0.5) is 0 Å². The molecule has 0 bridgehead atoms. The zero-order chi connectivity index (χ0) is 7.49. The van der Waals surface area contributed by atoms with Gasteiger partial charge in [0.1, 0.15) is 0 Å². The van der Waals surface area contributed by atoms with Gasteiger partial charge in [-0.25, -0.2) is 0 Å². The average molecular weight is 238 g/mol. The molecule has 54 valence electrons. The van der Waals surface area contributed by atoms with Gasteiger partial charge in [-0.1, -0.05) is 48.6 Å². The quantitative estimate of drug-likeness (QED) is 0.393. The molecule has 0 atom stereocenters. The Morgan fingerprint density at radius 3 is 1.89 bits per heavy atom. The highest BCUT2D eigenvalue weighted by Crippen LogP contribution is 2.18. The molecule has 0 saturated carbocycles. The lowest BCUT2D eigenvalue weighted by Crippen LogP contribution is -2.03. The first-order valence-corrected chi connectivity index (χ1v) is 4.38. The minimum atomic E-state index is 0.321. The summed E-state index contributed by atoms with van der Waals surface area (Å²) < 4.78 is 0.321. The molecule has 1 heteroatoms. The lowest BCUT2D eigenvalue weighted by molar-refractivity contribution is 0.813. The van der Waals surface area contributed by atoms with Gasteiger partial charge in [0, 0.05) is 3.42 Å². The van der Waals surface area contributed by atoms with Crippen LogP contribution in [0.2, 0.25) is 0 Å². The van der Waals surface area contributed by atoms with Crippen LogP contribution in [0.1, 0.15) is 27.7 Å². The number of hydrogen-bond donors (Lipinski definition) is 0. The van der Waals surface area contributed by atoms with E-state index in [4.69, 9.17) is 0 Å². The fourth-order valence-corrected chi connectivity index (χ4v) is 0.629. The topological polar surface area (TPSA) is 0 Å². The summed E-state index contributed by atoms with van der Waals surface area (Å²) in [7, 11) is 0. The van der Waals surface area contributed by atoms with Crippen LogP contribution in [0, 0.1) is 5.92 Å². The van der Waals surface area contributed by atoms with Gasteiger partial charge >= 0.3 is 0 Å². The van der Waals surface area contributed by atoms with Crippen molar-refractivity contribution in [3.05, 3.63) is 12.2 Å². The monoisotopic (exact) mass is 238 g/mol. The maximum atomic E-state index is 2.42. The molecule has 0 aromatic carbocycles. The molecule has 0 aromatic heterocycles. The number of hydrogen-bond acceptors (Lipinski definition) is 0. The van der Waals surface area contributed by atoms with Gasteiger partial charge < -0.3 is 0 Å². The molecule has 0 aliphatic heterocycles. The molecule has 0 aliphatic carbocycles. The Balaban J connectivity index is 3.71. The molecule has 0 radical (unpaired) electrons. The lowest BCUT2D eigenvalue weighted by atomic mass is 10.1. The van der Waals surface area contributed by atoms with Crippen molar-refractivity contribution < 1.29 is 0 Å². The standard InChI is InChI=1S/C8H15I/c1-7(2)5-6-8(3,4)9/h5-7H,1-4H3/b6-5+. The maximum Gasteiger partial charge on any atom is 0.0344 e. The largest absolute Gasteiger partial charge is 0.0847 e. The Hall–Kier alpha value is 0.470. The van der Waals surface area contributed by atoms with Crippen LogP contribution < -0.4 is 0 Å². The van der Waals surface area contributed by atoms with Gasteiger partial charge in [-0.15, -0.1) is 0 Å². The summed E-state index contributed by atoms with van der Waals surface area (Å²) in [6.07, 6.45) is 4.49. The highest BCUT2D eigenvalue weighted by molar-refractivity contribution is 14.1.